The first-order valence-corrected chi connectivity index (χ1v) is 7.01. The van der Waals surface area contributed by atoms with Crippen LogP contribution >= 0.6 is 0 Å². The van der Waals surface area contributed by atoms with E-state index in [1.165, 1.54) is 0 Å². The number of benzene rings is 2. The van der Waals surface area contributed by atoms with Crippen molar-refractivity contribution in [3.05, 3.63) is 60.2 Å². The molecule has 0 saturated carbocycles. The number of rotatable bonds is 4. The lowest BCUT2D eigenvalue weighted by Crippen LogP contribution is -2.04. The molecule has 2 rings (SSSR count). The Labute approximate surface area is 106 Å². The third-order valence-corrected chi connectivity index (χ3v) is 3.08. The minimum atomic E-state index is -4.03. The molecule has 0 amide bonds. The molecular formula is C13H13NO3S. The normalized spacial score (nSPS) is 11.2. The second-order valence-corrected chi connectivity index (χ2v) is 5.33. The van der Waals surface area contributed by atoms with Crippen molar-refractivity contribution in [3.63, 3.8) is 0 Å². The summed E-state index contributed by atoms with van der Waals surface area (Å²) in [6.45, 7) is 0. The Morgan fingerprint density at radius 1 is 0.944 bits per heavy atom. The van der Waals surface area contributed by atoms with Gasteiger partial charge in [0, 0.05) is 11.4 Å². The highest BCUT2D eigenvalue weighted by atomic mass is 32.2. The van der Waals surface area contributed by atoms with E-state index in [9.17, 15) is 8.42 Å². The van der Waals surface area contributed by atoms with E-state index in [2.05, 4.69) is 5.32 Å². The van der Waals surface area contributed by atoms with Gasteiger partial charge in [0.1, 0.15) is 5.75 Å². The van der Waals surface area contributed by atoms with Crippen LogP contribution in [-0.2, 0) is 15.9 Å². The fourth-order valence-electron chi connectivity index (χ4n) is 1.64. The predicted molar refractivity (Wildman–Crippen MR) is 71.4 cm³/mol. The zero-order chi connectivity index (χ0) is 13.0. The number of nitrogens with one attached hydrogen (secondary N) is 1. The topological polar surface area (TPSA) is 66.4 Å². The lowest BCUT2D eigenvalue weighted by Gasteiger charge is -2.10. The smallest absolute Gasteiger partial charge is 0.269 e. The molecule has 2 aromatic rings. The van der Waals surface area contributed by atoms with E-state index < -0.39 is 15.9 Å². The van der Waals surface area contributed by atoms with Gasteiger partial charge in [0.25, 0.3) is 10.1 Å². The molecule has 0 saturated heterocycles. The second kappa shape index (κ2) is 5.20. The summed E-state index contributed by atoms with van der Waals surface area (Å²) in [5.74, 6) is -0.400. The predicted octanol–water partition coefficient (Wildman–Crippen LogP) is 2.82. The lowest BCUT2D eigenvalue weighted by atomic mass is 10.2. The number of hydrogen-bond donors (Lipinski definition) is 2. The van der Waals surface area contributed by atoms with Crippen LogP contribution in [0.5, 0.6) is 0 Å². The van der Waals surface area contributed by atoms with Crippen LogP contribution in [0.4, 0.5) is 11.4 Å². The lowest BCUT2D eigenvalue weighted by molar-refractivity contribution is 0.482. The molecule has 0 aromatic heterocycles. The zero-order valence-corrected chi connectivity index (χ0v) is 10.4. The third-order valence-electron chi connectivity index (χ3n) is 2.41. The number of para-hydroxylation sites is 2. The maximum Gasteiger partial charge on any atom is 0.269 e. The van der Waals surface area contributed by atoms with Gasteiger partial charge in [-0.05, 0) is 23.8 Å². The molecule has 0 atom stereocenters. The molecule has 4 nitrogen and oxygen atoms in total. The molecule has 0 bridgehead atoms. The molecule has 18 heavy (non-hydrogen) atoms. The van der Waals surface area contributed by atoms with E-state index in [0.717, 1.165) is 5.69 Å². The monoisotopic (exact) mass is 263 g/mol. The standard InChI is InChI=1S/C13H13NO3S/c15-18(16,17)10-11-6-4-5-9-13(11)14-12-7-2-1-3-8-12/h1-9,14H,10H2,(H,15,16,17). The van der Waals surface area contributed by atoms with E-state index in [1.807, 2.05) is 30.3 Å². The molecular weight excluding hydrogens is 250 g/mol. The maximum absolute atomic E-state index is 10.9. The summed E-state index contributed by atoms with van der Waals surface area (Å²) in [5, 5.41) is 3.12. The SMILES string of the molecule is O=S(=O)(O)Cc1ccccc1Nc1ccccc1. The Hall–Kier alpha value is -1.85. The first kappa shape index (κ1) is 12.6. The van der Waals surface area contributed by atoms with Crippen LogP contribution in [0.1, 0.15) is 5.56 Å². The van der Waals surface area contributed by atoms with E-state index in [4.69, 9.17) is 4.55 Å². The Morgan fingerprint density at radius 3 is 2.22 bits per heavy atom. The highest BCUT2D eigenvalue weighted by Crippen LogP contribution is 2.22. The van der Waals surface area contributed by atoms with Crippen molar-refractivity contribution in [2.45, 2.75) is 5.75 Å². The fourth-order valence-corrected chi connectivity index (χ4v) is 2.29. The van der Waals surface area contributed by atoms with Crippen molar-refractivity contribution in [3.8, 4) is 0 Å². The van der Waals surface area contributed by atoms with Gasteiger partial charge in [-0.25, -0.2) is 0 Å². The van der Waals surface area contributed by atoms with Crippen LogP contribution < -0.4 is 5.32 Å². The molecule has 0 unspecified atom stereocenters. The van der Waals surface area contributed by atoms with E-state index in [-0.39, 0.29) is 0 Å². The third kappa shape index (κ3) is 3.58. The average Bonchev–Trinajstić information content (AvgIpc) is 2.31. The summed E-state index contributed by atoms with van der Waals surface area (Å²) in [7, 11) is -4.03. The second-order valence-electron chi connectivity index (χ2n) is 3.87. The van der Waals surface area contributed by atoms with Gasteiger partial charge in [-0.1, -0.05) is 36.4 Å². The average molecular weight is 263 g/mol. The van der Waals surface area contributed by atoms with Crippen LogP contribution in [0.2, 0.25) is 0 Å². The molecule has 0 heterocycles. The van der Waals surface area contributed by atoms with E-state index in [0.29, 0.717) is 11.3 Å². The van der Waals surface area contributed by atoms with E-state index in [1.54, 1.807) is 24.3 Å². The summed E-state index contributed by atoms with van der Waals surface area (Å²) in [6.07, 6.45) is 0. The van der Waals surface area contributed by atoms with Crippen LogP contribution in [0.25, 0.3) is 0 Å². The highest BCUT2D eigenvalue weighted by Gasteiger charge is 2.10. The first-order chi connectivity index (χ1) is 8.54. The molecule has 94 valence electrons. The number of anilines is 2. The van der Waals surface area contributed by atoms with Gasteiger partial charge in [0.15, 0.2) is 0 Å². The van der Waals surface area contributed by atoms with Crippen molar-refractivity contribution in [2.75, 3.05) is 5.32 Å². The van der Waals surface area contributed by atoms with Crippen LogP contribution in [0.15, 0.2) is 54.6 Å². The van der Waals surface area contributed by atoms with Crippen molar-refractivity contribution >= 4 is 21.5 Å². The van der Waals surface area contributed by atoms with Gasteiger partial charge in [0.2, 0.25) is 0 Å². The molecule has 0 spiro atoms. The molecule has 5 heteroatoms. The molecule has 0 aliphatic rings. The Kier molecular flexibility index (Phi) is 3.64. The van der Waals surface area contributed by atoms with Gasteiger partial charge < -0.3 is 5.32 Å². The molecule has 0 aliphatic carbocycles. The molecule has 0 radical (unpaired) electrons. The fraction of sp³-hybridized carbons (Fsp3) is 0.0769. The minimum Gasteiger partial charge on any atom is -0.355 e. The molecule has 2 N–H and O–H groups in total. The van der Waals surface area contributed by atoms with Gasteiger partial charge >= 0.3 is 0 Å². The Balaban J connectivity index is 2.28. The van der Waals surface area contributed by atoms with Gasteiger partial charge in [-0.15, -0.1) is 0 Å². The van der Waals surface area contributed by atoms with Crippen molar-refractivity contribution < 1.29 is 13.0 Å². The Bertz CT molecular complexity index is 624. The van der Waals surface area contributed by atoms with Gasteiger partial charge in [-0.2, -0.15) is 8.42 Å². The number of hydrogen-bond acceptors (Lipinski definition) is 3. The quantitative estimate of drug-likeness (QED) is 0.832. The largest absolute Gasteiger partial charge is 0.355 e. The first-order valence-electron chi connectivity index (χ1n) is 5.40. The molecule has 0 fully saturated rings. The molecule has 2 aromatic carbocycles. The van der Waals surface area contributed by atoms with Crippen molar-refractivity contribution in [2.24, 2.45) is 0 Å². The summed E-state index contributed by atoms with van der Waals surface area (Å²) in [4.78, 5) is 0. The Morgan fingerprint density at radius 2 is 1.56 bits per heavy atom. The van der Waals surface area contributed by atoms with Gasteiger partial charge in [0.05, 0.1) is 0 Å². The summed E-state index contributed by atoms with van der Waals surface area (Å²) in [6, 6.07) is 16.4. The summed E-state index contributed by atoms with van der Waals surface area (Å²) < 4.78 is 30.8. The van der Waals surface area contributed by atoms with Crippen LogP contribution in [0.3, 0.4) is 0 Å². The van der Waals surface area contributed by atoms with Crippen LogP contribution in [-0.4, -0.2) is 13.0 Å². The van der Waals surface area contributed by atoms with Gasteiger partial charge in [-0.3, -0.25) is 4.55 Å². The minimum absolute atomic E-state index is 0.400. The van der Waals surface area contributed by atoms with Crippen molar-refractivity contribution in [1.29, 1.82) is 0 Å². The zero-order valence-electron chi connectivity index (χ0n) is 9.58. The summed E-state index contributed by atoms with van der Waals surface area (Å²) >= 11 is 0. The van der Waals surface area contributed by atoms with Crippen LogP contribution in [0, 0.1) is 0 Å². The maximum atomic E-state index is 10.9. The molecule has 0 aliphatic heterocycles. The van der Waals surface area contributed by atoms with Crippen molar-refractivity contribution in [1.82, 2.24) is 0 Å². The summed E-state index contributed by atoms with van der Waals surface area (Å²) in [5.41, 5.74) is 2.06. The van der Waals surface area contributed by atoms with E-state index >= 15 is 0 Å². The highest BCUT2D eigenvalue weighted by molar-refractivity contribution is 7.85.